The molecule has 8 heteroatoms. The van der Waals surface area contributed by atoms with Gasteiger partial charge in [-0.15, -0.1) is 0 Å². The second-order valence-corrected chi connectivity index (χ2v) is 9.82. The van der Waals surface area contributed by atoms with Gasteiger partial charge in [0.2, 0.25) is 5.91 Å². The highest BCUT2D eigenvalue weighted by Gasteiger charge is 2.24. The normalized spacial score (nSPS) is 11.3. The molecule has 0 fully saturated rings. The fraction of sp³-hybridized carbons (Fsp3) is 0.370. The van der Waals surface area contributed by atoms with Crippen LogP contribution in [0.2, 0.25) is 5.02 Å². The average Bonchev–Trinajstić information content (AvgIpc) is 3.26. The molecule has 0 spiro atoms. The number of hydrogen-bond donors (Lipinski definition) is 1. The zero-order chi connectivity index (χ0) is 25.6. The molecule has 186 valence electrons. The zero-order valence-electron chi connectivity index (χ0n) is 21.0. The summed E-state index contributed by atoms with van der Waals surface area (Å²) in [5.41, 5.74) is 1.81. The van der Waals surface area contributed by atoms with E-state index in [1.807, 2.05) is 31.2 Å². The molecule has 0 saturated heterocycles. The van der Waals surface area contributed by atoms with E-state index >= 15 is 0 Å². The Balaban J connectivity index is 1.87. The van der Waals surface area contributed by atoms with Crippen LogP contribution in [0.15, 0.2) is 54.6 Å². The Labute approximate surface area is 212 Å². The van der Waals surface area contributed by atoms with E-state index < -0.39 is 0 Å². The van der Waals surface area contributed by atoms with Gasteiger partial charge in [0.15, 0.2) is 0 Å². The molecule has 0 atom stereocenters. The van der Waals surface area contributed by atoms with Crippen molar-refractivity contribution in [3.63, 3.8) is 0 Å². The third-order valence-corrected chi connectivity index (χ3v) is 5.81. The molecule has 1 aromatic heterocycles. The molecular formula is C27H33ClN4O3. The predicted octanol–water partition coefficient (Wildman–Crippen LogP) is 5.71. The van der Waals surface area contributed by atoms with Crippen LogP contribution in [0.5, 0.6) is 5.75 Å². The number of anilines is 1. The second kappa shape index (κ2) is 11.4. The number of carbonyl (C=O) groups excluding carboxylic acids is 2. The number of aromatic nitrogens is 2. The first kappa shape index (κ1) is 26.3. The Morgan fingerprint density at radius 1 is 1.11 bits per heavy atom. The molecule has 3 rings (SSSR count). The smallest absolute Gasteiger partial charge is 0.258 e. The highest BCUT2D eigenvalue weighted by Crippen LogP contribution is 2.27. The van der Waals surface area contributed by atoms with Crippen molar-refractivity contribution in [1.82, 2.24) is 14.7 Å². The number of amides is 2. The minimum atomic E-state index is -0.306. The first-order valence-corrected chi connectivity index (χ1v) is 12.1. The van der Waals surface area contributed by atoms with Gasteiger partial charge in [-0.2, -0.15) is 5.10 Å². The Morgan fingerprint density at radius 2 is 1.80 bits per heavy atom. The molecule has 2 amide bonds. The van der Waals surface area contributed by atoms with Gasteiger partial charge in [-0.05, 0) is 42.8 Å². The van der Waals surface area contributed by atoms with Crippen LogP contribution in [0.1, 0.15) is 56.6 Å². The topological polar surface area (TPSA) is 76.5 Å². The first-order chi connectivity index (χ1) is 16.6. The quantitative estimate of drug-likeness (QED) is 0.411. The van der Waals surface area contributed by atoms with Crippen molar-refractivity contribution in [3.05, 3.63) is 70.9 Å². The number of ether oxygens (including phenoxy) is 1. The number of benzene rings is 2. The number of hydrogen-bond acceptors (Lipinski definition) is 4. The van der Waals surface area contributed by atoms with Crippen molar-refractivity contribution in [2.75, 3.05) is 25.5 Å². The lowest BCUT2D eigenvalue weighted by atomic mass is 9.92. The SMILES string of the molecule is CCCCN(CC(=O)Nc1cc(C(C)(C)C)nn1-c1ccc(Cl)cc1)C(=O)c1ccccc1OC. The molecule has 35 heavy (non-hydrogen) atoms. The largest absolute Gasteiger partial charge is 0.496 e. The van der Waals surface area contributed by atoms with Gasteiger partial charge >= 0.3 is 0 Å². The van der Waals surface area contributed by atoms with Crippen LogP contribution < -0.4 is 10.1 Å². The maximum absolute atomic E-state index is 13.3. The standard InChI is InChI=1S/C27H33ClN4O3/c1-6-7-16-31(26(34)21-10-8-9-11-22(21)35-5)18-25(33)29-24-17-23(27(2,3)4)30-32(24)20-14-12-19(28)13-15-20/h8-15,17H,6-7,16,18H2,1-5H3,(H,29,33). The Hall–Kier alpha value is -3.32. The van der Waals surface area contributed by atoms with E-state index in [1.54, 1.807) is 39.9 Å². The minimum Gasteiger partial charge on any atom is -0.496 e. The lowest BCUT2D eigenvalue weighted by molar-refractivity contribution is -0.117. The average molecular weight is 497 g/mol. The Kier molecular flexibility index (Phi) is 8.57. The Morgan fingerprint density at radius 3 is 2.43 bits per heavy atom. The molecule has 0 bridgehead atoms. The van der Waals surface area contributed by atoms with Crippen molar-refractivity contribution in [2.45, 2.75) is 46.0 Å². The molecule has 0 aliphatic rings. The lowest BCUT2D eigenvalue weighted by Gasteiger charge is -2.23. The number of nitrogens with zero attached hydrogens (tertiary/aromatic N) is 3. The monoisotopic (exact) mass is 496 g/mol. The second-order valence-electron chi connectivity index (χ2n) is 9.38. The van der Waals surface area contributed by atoms with Gasteiger partial charge in [0.05, 0.1) is 24.1 Å². The molecule has 0 aliphatic heterocycles. The number of carbonyl (C=O) groups is 2. The lowest BCUT2D eigenvalue weighted by Crippen LogP contribution is -2.39. The summed E-state index contributed by atoms with van der Waals surface area (Å²) in [6.07, 6.45) is 1.68. The molecule has 0 radical (unpaired) electrons. The summed E-state index contributed by atoms with van der Waals surface area (Å²) in [5.74, 6) is 0.463. The molecule has 0 aliphatic carbocycles. The van der Waals surface area contributed by atoms with Gasteiger partial charge < -0.3 is 15.0 Å². The highest BCUT2D eigenvalue weighted by atomic mass is 35.5. The van der Waals surface area contributed by atoms with Crippen LogP contribution >= 0.6 is 11.6 Å². The van der Waals surface area contributed by atoms with Crippen molar-refractivity contribution in [1.29, 1.82) is 0 Å². The summed E-state index contributed by atoms with van der Waals surface area (Å²) in [6, 6.07) is 16.2. The third kappa shape index (κ3) is 6.63. The van der Waals surface area contributed by atoms with Gasteiger partial charge in [0.25, 0.3) is 5.91 Å². The molecule has 0 unspecified atom stereocenters. The van der Waals surface area contributed by atoms with Crippen LogP contribution in [0.4, 0.5) is 5.82 Å². The van der Waals surface area contributed by atoms with Crippen LogP contribution in [0.25, 0.3) is 5.69 Å². The van der Waals surface area contributed by atoms with Crippen molar-refractivity contribution in [2.24, 2.45) is 0 Å². The molecular weight excluding hydrogens is 464 g/mol. The van der Waals surface area contributed by atoms with Crippen LogP contribution in [-0.2, 0) is 10.2 Å². The number of halogens is 1. The summed E-state index contributed by atoms with van der Waals surface area (Å²) >= 11 is 6.06. The third-order valence-electron chi connectivity index (χ3n) is 5.56. The summed E-state index contributed by atoms with van der Waals surface area (Å²) < 4.78 is 7.05. The van der Waals surface area contributed by atoms with Gasteiger partial charge in [-0.25, -0.2) is 4.68 Å². The number of nitrogens with one attached hydrogen (secondary N) is 1. The number of rotatable bonds is 9. The van der Waals surface area contributed by atoms with Gasteiger partial charge in [-0.1, -0.05) is 57.8 Å². The van der Waals surface area contributed by atoms with Gasteiger partial charge in [0.1, 0.15) is 18.1 Å². The predicted molar refractivity (Wildman–Crippen MR) is 140 cm³/mol. The van der Waals surface area contributed by atoms with Crippen LogP contribution in [0, 0.1) is 0 Å². The van der Waals surface area contributed by atoms with Crippen LogP contribution in [-0.4, -0.2) is 46.7 Å². The maximum Gasteiger partial charge on any atom is 0.258 e. The number of para-hydroxylation sites is 1. The Bertz CT molecular complexity index is 1170. The maximum atomic E-state index is 13.3. The first-order valence-electron chi connectivity index (χ1n) is 11.7. The zero-order valence-corrected chi connectivity index (χ0v) is 21.7. The molecule has 2 aromatic carbocycles. The van der Waals surface area contributed by atoms with Crippen LogP contribution in [0.3, 0.4) is 0 Å². The molecule has 0 saturated carbocycles. The summed E-state index contributed by atoms with van der Waals surface area (Å²) in [6.45, 7) is 8.60. The summed E-state index contributed by atoms with van der Waals surface area (Å²) in [5, 5.41) is 8.31. The highest BCUT2D eigenvalue weighted by molar-refractivity contribution is 6.30. The van der Waals surface area contributed by atoms with Gasteiger partial charge in [0, 0.05) is 23.0 Å². The molecule has 1 N–H and O–H groups in total. The van der Waals surface area contributed by atoms with Crippen molar-refractivity contribution >= 4 is 29.2 Å². The van der Waals surface area contributed by atoms with E-state index in [0.29, 0.717) is 28.7 Å². The van der Waals surface area contributed by atoms with E-state index in [2.05, 4.69) is 26.1 Å². The van der Waals surface area contributed by atoms with E-state index in [0.717, 1.165) is 24.2 Å². The molecule has 3 aromatic rings. The van der Waals surface area contributed by atoms with Crippen molar-refractivity contribution < 1.29 is 14.3 Å². The van der Waals surface area contributed by atoms with E-state index in [4.69, 9.17) is 21.4 Å². The minimum absolute atomic E-state index is 0.0898. The number of methoxy groups -OCH3 is 1. The van der Waals surface area contributed by atoms with E-state index in [-0.39, 0.29) is 23.8 Å². The van der Waals surface area contributed by atoms with Crippen molar-refractivity contribution in [3.8, 4) is 11.4 Å². The molecule has 1 heterocycles. The fourth-order valence-electron chi connectivity index (χ4n) is 3.56. The summed E-state index contributed by atoms with van der Waals surface area (Å²) in [4.78, 5) is 28.0. The number of unbranched alkanes of at least 4 members (excludes halogenated alkanes) is 1. The molecule has 7 nitrogen and oxygen atoms in total. The summed E-state index contributed by atoms with van der Waals surface area (Å²) in [7, 11) is 1.53. The van der Waals surface area contributed by atoms with Gasteiger partial charge in [-0.3, -0.25) is 9.59 Å². The fourth-order valence-corrected chi connectivity index (χ4v) is 3.69. The van der Waals surface area contributed by atoms with E-state index in [9.17, 15) is 9.59 Å². The van der Waals surface area contributed by atoms with E-state index in [1.165, 1.54) is 7.11 Å².